The minimum absolute atomic E-state index is 0. The maximum atomic E-state index is 12.6. The molecule has 0 spiro atoms. The first kappa shape index (κ1) is 18.6. The lowest BCUT2D eigenvalue weighted by molar-refractivity contribution is 0.0767. The van der Waals surface area contributed by atoms with E-state index < -0.39 is 0 Å². The van der Waals surface area contributed by atoms with E-state index in [0.29, 0.717) is 25.4 Å². The molecule has 6 heteroatoms. The summed E-state index contributed by atoms with van der Waals surface area (Å²) in [6.07, 6.45) is 0. The summed E-state index contributed by atoms with van der Waals surface area (Å²) in [5.41, 5.74) is 9.87. The molecule has 4 nitrogen and oxygen atoms in total. The second kappa shape index (κ2) is 8.42. The van der Waals surface area contributed by atoms with Crippen LogP contribution in [-0.2, 0) is 13.1 Å². The monoisotopic (exact) mass is 363 g/mol. The van der Waals surface area contributed by atoms with Gasteiger partial charge in [0.2, 0.25) is 0 Å². The van der Waals surface area contributed by atoms with Gasteiger partial charge in [-0.1, -0.05) is 36.4 Å². The molecule has 1 aliphatic rings. The van der Waals surface area contributed by atoms with E-state index in [1.807, 2.05) is 53.4 Å². The Balaban J connectivity index is 0.00000208. The topological polar surface area (TPSA) is 58.4 Å². The van der Waals surface area contributed by atoms with Gasteiger partial charge in [0.15, 0.2) is 0 Å². The summed E-state index contributed by atoms with van der Waals surface area (Å²) >= 11 is 4.20. The highest BCUT2D eigenvalue weighted by molar-refractivity contribution is 7.80. The average molecular weight is 364 g/mol. The van der Waals surface area contributed by atoms with Gasteiger partial charge >= 0.3 is 0 Å². The zero-order chi connectivity index (χ0) is 16.2. The number of hydrogen-bond acceptors (Lipinski definition) is 4. The smallest absolute Gasteiger partial charge is 0.254 e. The molecule has 0 fully saturated rings. The maximum absolute atomic E-state index is 12.6. The van der Waals surface area contributed by atoms with Crippen molar-refractivity contribution >= 4 is 36.6 Å². The molecule has 0 bridgehead atoms. The fourth-order valence-corrected chi connectivity index (χ4v) is 2.92. The van der Waals surface area contributed by atoms with E-state index in [9.17, 15) is 4.79 Å². The van der Waals surface area contributed by atoms with Crippen LogP contribution in [0.15, 0.2) is 48.5 Å². The molecule has 2 aromatic carbocycles. The number of amides is 1. The summed E-state index contributed by atoms with van der Waals surface area (Å²) in [5, 5.41) is 3.35. The number of benzene rings is 2. The van der Waals surface area contributed by atoms with Crippen molar-refractivity contribution < 1.29 is 4.79 Å². The maximum Gasteiger partial charge on any atom is 0.254 e. The Hall–Kier alpha value is -1.69. The quantitative estimate of drug-likeness (QED) is 0.691. The van der Waals surface area contributed by atoms with E-state index in [2.05, 4.69) is 17.9 Å². The van der Waals surface area contributed by atoms with Crippen LogP contribution in [-0.4, -0.2) is 29.1 Å². The molecule has 1 amide bonds. The fraction of sp³-hybridized carbons (Fsp3) is 0.278. The van der Waals surface area contributed by atoms with Crippen LogP contribution in [0.4, 0.5) is 5.69 Å². The number of nitrogens with one attached hydrogen (secondary N) is 1. The highest BCUT2D eigenvalue weighted by Gasteiger charge is 2.29. The Labute approximate surface area is 154 Å². The largest absolute Gasteiger partial charge is 0.383 e. The predicted molar refractivity (Wildman–Crippen MR) is 104 cm³/mol. The number of carbonyl (C=O) groups is 1. The van der Waals surface area contributed by atoms with E-state index in [1.54, 1.807) is 0 Å². The first-order valence-corrected chi connectivity index (χ1v) is 8.37. The zero-order valence-corrected chi connectivity index (χ0v) is 15.0. The number of anilines is 1. The van der Waals surface area contributed by atoms with Gasteiger partial charge < -0.3 is 16.0 Å². The Morgan fingerprint density at radius 1 is 1.17 bits per heavy atom. The van der Waals surface area contributed by atoms with Crippen LogP contribution in [0.2, 0.25) is 0 Å². The van der Waals surface area contributed by atoms with Crippen LogP contribution in [0, 0.1) is 0 Å². The van der Waals surface area contributed by atoms with Crippen molar-refractivity contribution in [3.63, 3.8) is 0 Å². The summed E-state index contributed by atoms with van der Waals surface area (Å²) < 4.78 is 0. The number of hydrogen-bond donors (Lipinski definition) is 3. The van der Waals surface area contributed by atoms with Gasteiger partial charge in [0.1, 0.15) is 0 Å². The second-order valence-corrected chi connectivity index (χ2v) is 6.17. The Kier molecular flexibility index (Phi) is 6.54. The summed E-state index contributed by atoms with van der Waals surface area (Å²) in [4.78, 5) is 14.5. The van der Waals surface area contributed by atoms with Crippen molar-refractivity contribution in [3.05, 3.63) is 65.2 Å². The molecular weight excluding hydrogens is 342 g/mol. The van der Waals surface area contributed by atoms with Gasteiger partial charge in [-0.25, -0.2) is 0 Å². The molecule has 1 aliphatic heterocycles. The van der Waals surface area contributed by atoms with Crippen LogP contribution >= 0.6 is 25.0 Å². The lowest BCUT2D eigenvalue weighted by Gasteiger charge is -2.16. The molecule has 1 unspecified atom stereocenters. The number of carbonyl (C=O) groups excluding carboxylic acids is 1. The fourth-order valence-electron chi connectivity index (χ4n) is 2.79. The molecule has 3 rings (SSSR count). The second-order valence-electron chi connectivity index (χ2n) is 5.80. The van der Waals surface area contributed by atoms with Crippen LogP contribution in [0.5, 0.6) is 0 Å². The molecule has 0 aliphatic carbocycles. The van der Waals surface area contributed by atoms with E-state index in [4.69, 9.17) is 5.73 Å². The van der Waals surface area contributed by atoms with Crippen molar-refractivity contribution in [1.29, 1.82) is 0 Å². The predicted octanol–water partition coefficient (Wildman–Crippen LogP) is 2.93. The van der Waals surface area contributed by atoms with Gasteiger partial charge in [-0.15, -0.1) is 12.4 Å². The van der Waals surface area contributed by atoms with Crippen molar-refractivity contribution in [3.8, 4) is 0 Å². The van der Waals surface area contributed by atoms with E-state index >= 15 is 0 Å². The van der Waals surface area contributed by atoms with Crippen LogP contribution in [0.25, 0.3) is 0 Å². The number of thiol groups is 1. The van der Waals surface area contributed by atoms with Gasteiger partial charge in [-0.3, -0.25) is 4.79 Å². The van der Waals surface area contributed by atoms with Crippen LogP contribution in [0.3, 0.4) is 0 Å². The third kappa shape index (κ3) is 4.04. The van der Waals surface area contributed by atoms with Gasteiger partial charge in [-0.05, 0) is 17.7 Å². The van der Waals surface area contributed by atoms with Crippen molar-refractivity contribution in [2.75, 3.05) is 17.6 Å². The standard InChI is InChI=1S/C18H21N3OS.ClH/c19-14(12-23)9-20-17-8-4-7-15-16(17)11-21(18(15)22)10-13-5-2-1-3-6-13;/h1-8,14,20,23H,9-12,19H2;1H. The third-order valence-corrected chi connectivity index (χ3v) is 4.52. The molecule has 0 radical (unpaired) electrons. The van der Waals surface area contributed by atoms with Gasteiger partial charge in [-0.2, -0.15) is 12.6 Å². The Morgan fingerprint density at radius 3 is 2.62 bits per heavy atom. The van der Waals surface area contributed by atoms with Crippen molar-refractivity contribution in [2.45, 2.75) is 19.1 Å². The molecule has 1 atom stereocenters. The summed E-state index contributed by atoms with van der Waals surface area (Å²) in [6, 6.07) is 15.9. The first-order valence-electron chi connectivity index (χ1n) is 7.74. The molecule has 128 valence electrons. The molecular formula is C18H22ClN3OS. The molecule has 0 saturated carbocycles. The third-order valence-electron chi connectivity index (χ3n) is 4.05. The SMILES string of the molecule is Cl.NC(CS)CNc1cccc2c1CN(Cc1ccccc1)C2=O. The lowest BCUT2D eigenvalue weighted by atomic mass is 10.1. The Morgan fingerprint density at radius 2 is 1.92 bits per heavy atom. The van der Waals surface area contributed by atoms with Crippen LogP contribution in [0.1, 0.15) is 21.5 Å². The highest BCUT2D eigenvalue weighted by atomic mass is 35.5. The van der Waals surface area contributed by atoms with Gasteiger partial charge in [0.25, 0.3) is 5.91 Å². The number of nitrogens with zero attached hydrogens (tertiary/aromatic N) is 1. The number of halogens is 1. The molecule has 3 N–H and O–H groups in total. The molecule has 0 aromatic heterocycles. The van der Waals surface area contributed by atoms with Gasteiger partial charge in [0, 0.05) is 48.2 Å². The Bertz CT molecular complexity index is 696. The number of rotatable bonds is 6. The summed E-state index contributed by atoms with van der Waals surface area (Å²) in [5.74, 6) is 0.715. The number of fused-ring (bicyclic) bond motifs is 1. The minimum Gasteiger partial charge on any atom is -0.383 e. The van der Waals surface area contributed by atoms with Crippen LogP contribution < -0.4 is 11.1 Å². The molecule has 1 heterocycles. The van der Waals surface area contributed by atoms with E-state index in [-0.39, 0.29) is 24.4 Å². The zero-order valence-electron chi connectivity index (χ0n) is 13.3. The normalized spacial score (nSPS) is 14.1. The summed E-state index contributed by atoms with van der Waals surface area (Å²) in [6.45, 7) is 1.90. The van der Waals surface area contributed by atoms with Crippen molar-refractivity contribution in [2.24, 2.45) is 5.73 Å². The number of nitrogens with two attached hydrogens (primary N) is 1. The molecule has 2 aromatic rings. The first-order chi connectivity index (χ1) is 11.2. The van der Waals surface area contributed by atoms with Gasteiger partial charge in [0.05, 0.1) is 0 Å². The minimum atomic E-state index is -0.00767. The molecule has 24 heavy (non-hydrogen) atoms. The van der Waals surface area contributed by atoms with E-state index in [0.717, 1.165) is 22.4 Å². The summed E-state index contributed by atoms with van der Waals surface area (Å²) in [7, 11) is 0. The lowest BCUT2D eigenvalue weighted by Crippen LogP contribution is -2.30. The van der Waals surface area contributed by atoms with E-state index in [1.165, 1.54) is 0 Å². The highest BCUT2D eigenvalue weighted by Crippen LogP contribution is 2.30. The average Bonchev–Trinajstić information content (AvgIpc) is 2.90. The van der Waals surface area contributed by atoms with Crippen molar-refractivity contribution in [1.82, 2.24) is 4.90 Å². The molecule has 0 saturated heterocycles.